The van der Waals surface area contributed by atoms with Crippen LogP contribution in [0.15, 0.2) is 0 Å². The minimum absolute atomic E-state index is 0.255. The molecule has 0 bridgehead atoms. The van der Waals surface area contributed by atoms with Gasteiger partial charge >= 0.3 is 0 Å². The third-order valence-corrected chi connectivity index (χ3v) is 0.831. The summed E-state index contributed by atoms with van der Waals surface area (Å²) < 4.78 is 0. The van der Waals surface area contributed by atoms with Gasteiger partial charge in [-0.2, -0.15) is 0 Å². The molecule has 0 heterocycles. The topological polar surface area (TPSA) is 55.1 Å². The number of hydrazine groups is 1. The van der Waals surface area contributed by atoms with E-state index in [0.29, 0.717) is 12.5 Å². The molecule has 0 aromatic heterocycles. The molecule has 0 saturated carbocycles. The van der Waals surface area contributed by atoms with Gasteiger partial charge in [0.2, 0.25) is 0 Å². The number of carbonyl (C=O) groups is 1. The largest absolute Gasteiger partial charge is 0.300 e. The van der Waals surface area contributed by atoms with Gasteiger partial charge in [-0.3, -0.25) is 11.3 Å². The predicted octanol–water partition coefficient (Wildman–Crippen LogP) is 0.844. The lowest BCUT2D eigenvalue weighted by atomic mass is 10.4. The molecule has 62 valence electrons. The highest BCUT2D eigenvalue weighted by molar-refractivity contribution is 5.74. The normalized spacial score (nSPS) is 8.60. The molecule has 0 aromatic carbocycles. The standard InChI is InChI=1S/C4H8O.C3H10N2/c1-3-4(2)5;1-3(2)5-4/h3H2,1-2H3;3,5H,4H2,1-2H3. The summed E-state index contributed by atoms with van der Waals surface area (Å²) in [5.74, 6) is 5.18. The first-order valence-electron chi connectivity index (χ1n) is 3.50. The van der Waals surface area contributed by atoms with E-state index in [9.17, 15) is 4.79 Å². The van der Waals surface area contributed by atoms with Crippen LogP contribution < -0.4 is 11.3 Å². The van der Waals surface area contributed by atoms with E-state index in [1.54, 1.807) is 6.92 Å². The zero-order chi connectivity index (χ0) is 8.57. The van der Waals surface area contributed by atoms with Crippen molar-refractivity contribution in [3.63, 3.8) is 0 Å². The molecule has 0 aliphatic rings. The van der Waals surface area contributed by atoms with Crippen molar-refractivity contribution in [2.45, 2.75) is 40.2 Å². The Morgan fingerprint density at radius 1 is 1.60 bits per heavy atom. The minimum atomic E-state index is 0.255. The van der Waals surface area contributed by atoms with Gasteiger partial charge in [-0.15, -0.1) is 0 Å². The maximum absolute atomic E-state index is 9.81. The second-order valence-electron chi connectivity index (χ2n) is 2.38. The molecule has 3 N–H and O–H groups in total. The second kappa shape index (κ2) is 8.59. The number of nitrogens with two attached hydrogens (primary N) is 1. The zero-order valence-corrected chi connectivity index (χ0v) is 7.27. The number of carbonyl (C=O) groups excluding carboxylic acids is 1. The van der Waals surface area contributed by atoms with Gasteiger partial charge in [0.25, 0.3) is 0 Å². The monoisotopic (exact) mass is 146 g/mol. The summed E-state index contributed by atoms with van der Waals surface area (Å²) in [7, 11) is 0. The van der Waals surface area contributed by atoms with Crippen molar-refractivity contribution in [2.24, 2.45) is 5.84 Å². The summed E-state index contributed by atoms with van der Waals surface area (Å²) in [6.45, 7) is 7.41. The van der Waals surface area contributed by atoms with Gasteiger partial charge < -0.3 is 4.79 Å². The molecule has 3 heteroatoms. The Hall–Kier alpha value is -0.410. The molecule has 0 radical (unpaired) electrons. The number of nitrogens with one attached hydrogen (secondary N) is 1. The smallest absolute Gasteiger partial charge is 0.129 e. The summed E-state index contributed by atoms with van der Waals surface area (Å²) in [4.78, 5) is 9.81. The predicted molar refractivity (Wildman–Crippen MR) is 43.4 cm³/mol. The molecule has 0 saturated heterocycles. The van der Waals surface area contributed by atoms with Crippen molar-refractivity contribution in [1.29, 1.82) is 0 Å². The quantitative estimate of drug-likeness (QED) is 0.448. The number of hydrogen-bond donors (Lipinski definition) is 2. The molecule has 0 amide bonds. The van der Waals surface area contributed by atoms with Crippen LogP contribution in [0.25, 0.3) is 0 Å². The Morgan fingerprint density at radius 2 is 1.80 bits per heavy atom. The highest BCUT2D eigenvalue weighted by Crippen LogP contribution is 1.71. The summed E-state index contributed by atoms with van der Waals surface area (Å²) >= 11 is 0. The highest BCUT2D eigenvalue weighted by atomic mass is 16.1. The molecular weight excluding hydrogens is 128 g/mol. The van der Waals surface area contributed by atoms with E-state index < -0.39 is 0 Å². The molecule has 0 aromatic rings. The van der Waals surface area contributed by atoms with Gasteiger partial charge in [0.15, 0.2) is 0 Å². The molecule has 0 spiro atoms. The van der Waals surface area contributed by atoms with E-state index in [1.807, 2.05) is 20.8 Å². The van der Waals surface area contributed by atoms with Crippen LogP contribution >= 0.6 is 0 Å². The lowest BCUT2D eigenvalue weighted by Crippen LogP contribution is -2.29. The molecule has 0 aliphatic heterocycles. The first kappa shape index (κ1) is 12.3. The third kappa shape index (κ3) is 25.6. The van der Waals surface area contributed by atoms with Gasteiger partial charge in [-0.05, 0) is 20.8 Å². The van der Waals surface area contributed by atoms with Crippen LogP contribution in [0.4, 0.5) is 0 Å². The summed E-state index contributed by atoms with van der Waals surface area (Å²) in [5, 5.41) is 0. The van der Waals surface area contributed by atoms with Crippen molar-refractivity contribution in [3.05, 3.63) is 0 Å². The maximum atomic E-state index is 9.81. The third-order valence-electron chi connectivity index (χ3n) is 0.831. The summed E-state index contributed by atoms with van der Waals surface area (Å²) in [5.41, 5.74) is 2.53. The Labute approximate surface area is 63.0 Å². The Morgan fingerprint density at radius 3 is 1.80 bits per heavy atom. The SMILES string of the molecule is CC(C)NN.CCC(C)=O. The van der Waals surface area contributed by atoms with Gasteiger partial charge in [-0.25, -0.2) is 0 Å². The van der Waals surface area contributed by atoms with E-state index >= 15 is 0 Å². The Bertz CT molecular complexity index is 81.7. The fourth-order valence-corrected chi connectivity index (χ4v) is 0. The average molecular weight is 146 g/mol. The zero-order valence-electron chi connectivity index (χ0n) is 7.27. The molecule has 0 fully saturated rings. The highest BCUT2D eigenvalue weighted by Gasteiger charge is 1.77. The number of hydrogen-bond acceptors (Lipinski definition) is 3. The van der Waals surface area contributed by atoms with Crippen LogP contribution in [0.1, 0.15) is 34.1 Å². The van der Waals surface area contributed by atoms with E-state index in [2.05, 4.69) is 5.43 Å². The van der Waals surface area contributed by atoms with Gasteiger partial charge in [0, 0.05) is 12.5 Å². The van der Waals surface area contributed by atoms with Crippen LogP contribution in [0, 0.1) is 0 Å². The van der Waals surface area contributed by atoms with Crippen LogP contribution in [-0.4, -0.2) is 11.8 Å². The minimum Gasteiger partial charge on any atom is -0.300 e. The van der Waals surface area contributed by atoms with Crippen LogP contribution in [-0.2, 0) is 4.79 Å². The Balaban J connectivity index is 0. The second-order valence-corrected chi connectivity index (χ2v) is 2.38. The first-order valence-corrected chi connectivity index (χ1v) is 3.50. The summed E-state index contributed by atoms with van der Waals surface area (Å²) in [6, 6.07) is 0.412. The van der Waals surface area contributed by atoms with Gasteiger partial charge in [0.05, 0.1) is 0 Å². The van der Waals surface area contributed by atoms with E-state index in [0.717, 1.165) is 0 Å². The average Bonchev–Trinajstić information content (AvgIpc) is 1.89. The number of rotatable bonds is 2. The van der Waals surface area contributed by atoms with Crippen molar-refractivity contribution < 1.29 is 4.79 Å². The van der Waals surface area contributed by atoms with Crippen LogP contribution in [0.2, 0.25) is 0 Å². The van der Waals surface area contributed by atoms with Gasteiger partial charge in [-0.1, -0.05) is 6.92 Å². The Kier molecular flexibility index (Phi) is 10.6. The first-order chi connectivity index (χ1) is 4.54. The molecule has 3 nitrogen and oxygen atoms in total. The fourth-order valence-electron chi connectivity index (χ4n) is 0. The van der Waals surface area contributed by atoms with Crippen molar-refractivity contribution in [1.82, 2.24) is 5.43 Å². The van der Waals surface area contributed by atoms with Crippen molar-refractivity contribution in [3.8, 4) is 0 Å². The van der Waals surface area contributed by atoms with Crippen LogP contribution in [0.3, 0.4) is 0 Å². The van der Waals surface area contributed by atoms with E-state index in [4.69, 9.17) is 5.84 Å². The summed E-state index contributed by atoms with van der Waals surface area (Å²) in [6.07, 6.45) is 0.667. The molecule has 0 atom stereocenters. The molecule has 10 heavy (non-hydrogen) atoms. The van der Waals surface area contributed by atoms with Crippen molar-refractivity contribution >= 4 is 5.78 Å². The van der Waals surface area contributed by atoms with Crippen molar-refractivity contribution in [2.75, 3.05) is 0 Å². The van der Waals surface area contributed by atoms with E-state index in [1.165, 1.54) is 0 Å². The maximum Gasteiger partial charge on any atom is 0.129 e. The lowest BCUT2D eigenvalue weighted by molar-refractivity contribution is -0.116. The fraction of sp³-hybridized carbons (Fsp3) is 0.857. The molecular formula is C7H18N2O. The molecule has 0 rings (SSSR count). The molecule has 0 aliphatic carbocycles. The lowest BCUT2D eigenvalue weighted by Gasteiger charge is -1.95. The number of Topliss-reactive ketones (excluding diaryl/α,β-unsaturated/α-hetero) is 1. The number of ketones is 1. The van der Waals surface area contributed by atoms with E-state index in [-0.39, 0.29) is 5.78 Å². The molecule has 0 unspecified atom stereocenters. The van der Waals surface area contributed by atoms with Crippen LogP contribution in [0.5, 0.6) is 0 Å². The van der Waals surface area contributed by atoms with Gasteiger partial charge in [0.1, 0.15) is 5.78 Å².